The molecule has 0 unspecified atom stereocenters. The molecule has 1 aliphatic heterocycles. The Morgan fingerprint density at radius 2 is 2.21 bits per heavy atom. The van der Waals surface area contributed by atoms with E-state index in [2.05, 4.69) is 27.8 Å². The number of thiazole rings is 1. The Morgan fingerprint density at radius 3 is 2.96 bits per heavy atom. The van der Waals surface area contributed by atoms with Crippen molar-refractivity contribution in [2.75, 3.05) is 25.0 Å². The SMILES string of the molecule is Cc1nc(NCCc2ccccc2)sc1C(=O)NC[C@H]1CCCO1. The summed E-state index contributed by atoms with van der Waals surface area (Å²) in [5.74, 6) is -0.0587. The van der Waals surface area contributed by atoms with Crippen LogP contribution in [-0.4, -0.2) is 36.7 Å². The molecule has 24 heavy (non-hydrogen) atoms. The van der Waals surface area contributed by atoms with E-state index in [1.807, 2.05) is 25.1 Å². The molecule has 0 spiro atoms. The Balaban J connectivity index is 1.49. The number of anilines is 1. The molecule has 6 heteroatoms. The second-order valence-corrected chi connectivity index (χ2v) is 6.94. The molecule has 1 saturated heterocycles. The number of carbonyl (C=O) groups is 1. The molecular formula is C18H23N3O2S. The van der Waals surface area contributed by atoms with Gasteiger partial charge >= 0.3 is 0 Å². The molecule has 0 saturated carbocycles. The number of aryl methyl sites for hydroxylation is 1. The van der Waals surface area contributed by atoms with E-state index >= 15 is 0 Å². The third-order valence-electron chi connectivity index (χ3n) is 4.05. The number of amides is 1. The lowest BCUT2D eigenvalue weighted by molar-refractivity contribution is 0.0860. The minimum absolute atomic E-state index is 0.0587. The molecule has 2 aromatic rings. The number of nitrogens with one attached hydrogen (secondary N) is 2. The van der Waals surface area contributed by atoms with E-state index in [0.29, 0.717) is 11.4 Å². The molecule has 3 rings (SSSR count). The van der Waals surface area contributed by atoms with Crippen LogP contribution in [0.1, 0.15) is 33.8 Å². The fraction of sp³-hybridized carbons (Fsp3) is 0.444. The van der Waals surface area contributed by atoms with Crippen LogP contribution in [0.25, 0.3) is 0 Å². The monoisotopic (exact) mass is 345 g/mol. The quantitative estimate of drug-likeness (QED) is 0.810. The first-order valence-corrected chi connectivity index (χ1v) is 9.19. The molecule has 0 aliphatic carbocycles. The smallest absolute Gasteiger partial charge is 0.263 e. The predicted molar refractivity (Wildman–Crippen MR) is 96.8 cm³/mol. The Hall–Kier alpha value is -1.92. The Morgan fingerprint density at radius 1 is 1.38 bits per heavy atom. The number of hydrogen-bond acceptors (Lipinski definition) is 5. The highest BCUT2D eigenvalue weighted by Crippen LogP contribution is 2.22. The lowest BCUT2D eigenvalue weighted by Gasteiger charge is -2.09. The van der Waals surface area contributed by atoms with Gasteiger partial charge in [-0.25, -0.2) is 4.98 Å². The molecule has 1 aliphatic rings. The van der Waals surface area contributed by atoms with Gasteiger partial charge in [-0.1, -0.05) is 41.7 Å². The average Bonchev–Trinajstić information content (AvgIpc) is 3.23. The van der Waals surface area contributed by atoms with Crippen LogP contribution in [0.2, 0.25) is 0 Å². The number of carbonyl (C=O) groups excluding carboxylic acids is 1. The van der Waals surface area contributed by atoms with E-state index in [4.69, 9.17) is 4.74 Å². The third-order valence-corrected chi connectivity index (χ3v) is 5.16. The average molecular weight is 345 g/mol. The van der Waals surface area contributed by atoms with E-state index in [1.54, 1.807) is 0 Å². The van der Waals surface area contributed by atoms with Crippen molar-refractivity contribution >= 4 is 22.4 Å². The minimum atomic E-state index is -0.0587. The maximum atomic E-state index is 12.3. The van der Waals surface area contributed by atoms with Gasteiger partial charge < -0.3 is 15.4 Å². The standard InChI is InChI=1S/C18H23N3O2S/c1-13-16(17(22)20-12-15-8-5-11-23-15)24-18(21-13)19-10-9-14-6-3-2-4-7-14/h2-4,6-7,15H,5,8-12H2,1H3,(H,19,21)(H,20,22)/t15-/m1/s1. The molecule has 5 nitrogen and oxygen atoms in total. The summed E-state index contributed by atoms with van der Waals surface area (Å²) in [5, 5.41) is 7.06. The Labute approximate surface area is 146 Å². The fourth-order valence-corrected chi connectivity index (χ4v) is 3.64. The molecule has 0 bridgehead atoms. The number of aromatic nitrogens is 1. The third kappa shape index (κ3) is 4.55. The van der Waals surface area contributed by atoms with Gasteiger partial charge in [-0.15, -0.1) is 0 Å². The van der Waals surface area contributed by atoms with Gasteiger partial charge in [0.25, 0.3) is 5.91 Å². The van der Waals surface area contributed by atoms with Crippen molar-refractivity contribution in [3.8, 4) is 0 Å². The number of rotatable bonds is 7. The van der Waals surface area contributed by atoms with Crippen LogP contribution in [0.5, 0.6) is 0 Å². The van der Waals surface area contributed by atoms with Crippen molar-refractivity contribution in [3.63, 3.8) is 0 Å². The summed E-state index contributed by atoms with van der Waals surface area (Å²) in [7, 11) is 0. The zero-order valence-electron chi connectivity index (χ0n) is 13.9. The summed E-state index contributed by atoms with van der Waals surface area (Å²) in [4.78, 5) is 17.4. The van der Waals surface area contributed by atoms with Crippen molar-refractivity contribution in [2.45, 2.75) is 32.3 Å². The van der Waals surface area contributed by atoms with E-state index < -0.39 is 0 Å². The molecule has 128 valence electrons. The lowest BCUT2D eigenvalue weighted by atomic mass is 10.2. The number of ether oxygens (including phenoxy) is 1. The fourth-order valence-electron chi connectivity index (χ4n) is 2.73. The van der Waals surface area contributed by atoms with Crippen LogP contribution >= 0.6 is 11.3 Å². The van der Waals surface area contributed by atoms with E-state index in [-0.39, 0.29) is 12.0 Å². The highest BCUT2D eigenvalue weighted by atomic mass is 32.1. The first-order valence-electron chi connectivity index (χ1n) is 8.37. The first kappa shape index (κ1) is 16.9. The molecule has 1 amide bonds. The van der Waals surface area contributed by atoms with Crippen molar-refractivity contribution in [3.05, 3.63) is 46.5 Å². The van der Waals surface area contributed by atoms with Gasteiger partial charge in [0.2, 0.25) is 0 Å². The van der Waals surface area contributed by atoms with Crippen LogP contribution in [0.3, 0.4) is 0 Å². The topological polar surface area (TPSA) is 63.2 Å². The van der Waals surface area contributed by atoms with Crippen molar-refractivity contribution < 1.29 is 9.53 Å². The Kier molecular flexibility index (Phi) is 5.82. The molecule has 2 heterocycles. The number of benzene rings is 1. The summed E-state index contributed by atoms with van der Waals surface area (Å²) in [6.07, 6.45) is 3.19. The molecule has 1 aromatic heterocycles. The van der Waals surface area contributed by atoms with Crippen LogP contribution < -0.4 is 10.6 Å². The van der Waals surface area contributed by atoms with Crippen LogP contribution in [-0.2, 0) is 11.2 Å². The summed E-state index contributed by atoms with van der Waals surface area (Å²) in [6, 6.07) is 10.3. The van der Waals surface area contributed by atoms with Gasteiger partial charge in [-0.3, -0.25) is 4.79 Å². The zero-order chi connectivity index (χ0) is 16.8. The second kappa shape index (κ2) is 8.26. The molecule has 2 N–H and O–H groups in total. The molecule has 1 fully saturated rings. The molecule has 0 radical (unpaired) electrons. The Bertz CT molecular complexity index is 666. The van der Waals surface area contributed by atoms with Gasteiger partial charge in [-0.05, 0) is 31.7 Å². The maximum absolute atomic E-state index is 12.3. The summed E-state index contributed by atoms with van der Waals surface area (Å²) < 4.78 is 5.53. The van der Waals surface area contributed by atoms with Crippen LogP contribution in [0, 0.1) is 6.92 Å². The highest BCUT2D eigenvalue weighted by molar-refractivity contribution is 7.17. The van der Waals surface area contributed by atoms with Gasteiger partial charge in [-0.2, -0.15) is 0 Å². The summed E-state index contributed by atoms with van der Waals surface area (Å²) in [6.45, 7) is 4.05. The normalized spacial score (nSPS) is 17.0. The molecular weight excluding hydrogens is 322 g/mol. The maximum Gasteiger partial charge on any atom is 0.263 e. The van der Waals surface area contributed by atoms with Crippen molar-refractivity contribution in [2.24, 2.45) is 0 Å². The van der Waals surface area contributed by atoms with E-state index in [9.17, 15) is 4.79 Å². The molecule has 1 aromatic carbocycles. The first-order chi connectivity index (χ1) is 11.7. The van der Waals surface area contributed by atoms with Crippen LogP contribution in [0.4, 0.5) is 5.13 Å². The summed E-state index contributed by atoms with van der Waals surface area (Å²) in [5.41, 5.74) is 2.06. The zero-order valence-corrected chi connectivity index (χ0v) is 14.7. The highest BCUT2D eigenvalue weighted by Gasteiger charge is 2.19. The predicted octanol–water partition coefficient (Wildman–Crippen LogP) is 3.01. The van der Waals surface area contributed by atoms with Crippen LogP contribution in [0.15, 0.2) is 30.3 Å². The minimum Gasteiger partial charge on any atom is -0.376 e. The van der Waals surface area contributed by atoms with Gasteiger partial charge in [0.15, 0.2) is 5.13 Å². The van der Waals surface area contributed by atoms with Gasteiger partial charge in [0.1, 0.15) is 4.88 Å². The van der Waals surface area contributed by atoms with Gasteiger partial charge in [0.05, 0.1) is 11.8 Å². The molecule has 1 atom stereocenters. The largest absolute Gasteiger partial charge is 0.376 e. The number of hydrogen-bond donors (Lipinski definition) is 2. The number of nitrogens with zero attached hydrogens (tertiary/aromatic N) is 1. The van der Waals surface area contributed by atoms with Crippen molar-refractivity contribution in [1.82, 2.24) is 10.3 Å². The van der Waals surface area contributed by atoms with E-state index in [1.165, 1.54) is 16.9 Å². The van der Waals surface area contributed by atoms with Crippen molar-refractivity contribution in [1.29, 1.82) is 0 Å². The lowest BCUT2D eigenvalue weighted by Crippen LogP contribution is -2.31. The van der Waals surface area contributed by atoms with Gasteiger partial charge in [0, 0.05) is 19.7 Å². The van der Waals surface area contributed by atoms with E-state index in [0.717, 1.165) is 43.2 Å². The second-order valence-electron chi connectivity index (χ2n) is 5.94. The summed E-state index contributed by atoms with van der Waals surface area (Å²) >= 11 is 1.41.